The molecule has 10 nitrogen and oxygen atoms in total. The maximum absolute atomic E-state index is 12.7. The molecular formula is C22H25N7O3. The number of nitrogens with zero attached hydrogens (tertiary/aromatic N) is 7. The van der Waals surface area contributed by atoms with Crippen LogP contribution in [0.4, 0.5) is 5.69 Å². The van der Waals surface area contributed by atoms with E-state index in [0.717, 1.165) is 42.9 Å². The summed E-state index contributed by atoms with van der Waals surface area (Å²) >= 11 is 0. The Morgan fingerprint density at radius 2 is 1.66 bits per heavy atom. The number of benzene rings is 2. The standard InChI is InChI=1S/C22H25N7O3/c1-17-23-24-25-28(17)20-6-4-19(5-7-20)16-22(30)27-14-12-26(13-15-27)11-10-18-2-8-21(9-3-18)29(31)32/h2-9H,10-16H2,1H3. The lowest BCUT2D eigenvalue weighted by Gasteiger charge is -2.34. The summed E-state index contributed by atoms with van der Waals surface area (Å²) < 4.78 is 1.65. The fourth-order valence-corrected chi connectivity index (χ4v) is 3.80. The predicted octanol–water partition coefficient (Wildman–Crippen LogP) is 1.81. The lowest BCUT2D eigenvalue weighted by molar-refractivity contribution is -0.384. The van der Waals surface area contributed by atoms with Crippen LogP contribution in [0.5, 0.6) is 0 Å². The molecule has 1 amide bonds. The number of hydrogen-bond donors (Lipinski definition) is 0. The molecule has 0 spiro atoms. The molecular weight excluding hydrogens is 410 g/mol. The highest BCUT2D eigenvalue weighted by atomic mass is 16.6. The molecule has 0 radical (unpaired) electrons. The van der Waals surface area contributed by atoms with Gasteiger partial charge in [-0.25, -0.2) is 0 Å². The van der Waals surface area contributed by atoms with Crippen LogP contribution in [0.15, 0.2) is 48.5 Å². The van der Waals surface area contributed by atoms with Gasteiger partial charge in [-0.15, -0.1) is 5.10 Å². The van der Waals surface area contributed by atoms with Crippen LogP contribution in [0.2, 0.25) is 0 Å². The minimum Gasteiger partial charge on any atom is -0.340 e. The van der Waals surface area contributed by atoms with Crippen LogP contribution in [0.1, 0.15) is 17.0 Å². The van der Waals surface area contributed by atoms with Crippen molar-refractivity contribution in [3.63, 3.8) is 0 Å². The molecule has 1 aliphatic rings. The van der Waals surface area contributed by atoms with Crippen LogP contribution < -0.4 is 0 Å². The van der Waals surface area contributed by atoms with E-state index in [0.29, 0.717) is 25.3 Å². The normalized spacial score (nSPS) is 14.5. The Bertz CT molecular complexity index is 1070. The Hall–Kier alpha value is -3.66. The van der Waals surface area contributed by atoms with Crippen LogP contribution in [0.25, 0.3) is 5.69 Å². The number of aryl methyl sites for hydroxylation is 1. The molecule has 2 heterocycles. The molecule has 4 rings (SSSR count). The molecule has 0 bridgehead atoms. The first-order chi connectivity index (χ1) is 15.5. The summed E-state index contributed by atoms with van der Waals surface area (Å²) in [6.45, 7) is 5.79. The smallest absolute Gasteiger partial charge is 0.269 e. The van der Waals surface area contributed by atoms with Gasteiger partial charge in [0.25, 0.3) is 5.69 Å². The average Bonchev–Trinajstić information content (AvgIpc) is 3.24. The van der Waals surface area contributed by atoms with Crippen molar-refractivity contribution in [3.8, 4) is 5.69 Å². The van der Waals surface area contributed by atoms with Gasteiger partial charge in [-0.1, -0.05) is 24.3 Å². The summed E-state index contributed by atoms with van der Waals surface area (Å²) in [6.07, 6.45) is 1.21. The van der Waals surface area contributed by atoms with Gasteiger partial charge in [-0.05, 0) is 47.0 Å². The summed E-state index contributed by atoms with van der Waals surface area (Å²) in [6, 6.07) is 14.4. The summed E-state index contributed by atoms with van der Waals surface area (Å²) in [5.74, 6) is 0.839. The summed E-state index contributed by atoms with van der Waals surface area (Å²) in [5, 5.41) is 22.2. The maximum atomic E-state index is 12.7. The van der Waals surface area contributed by atoms with Gasteiger partial charge in [-0.2, -0.15) is 4.68 Å². The molecule has 10 heteroatoms. The Labute approximate surface area is 185 Å². The van der Waals surface area contributed by atoms with Gasteiger partial charge in [0.15, 0.2) is 5.82 Å². The van der Waals surface area contributed by atoms with E-state index in [9.17, 15) is 14.9 Å². The highest BCUT2D eigenvalue weighted by Gasteiger charge is 2.21. The summed E-state index contributed by atoms with van der Waals surface area (Å²) in [5.41, 5.74) is 3.02. The second-order valence-electron chi connectivity index (χ2n) is 7.88. The monoisotopic (exact) mass is 435 g/mol. The van der Waals surface area contributed by atoms with E-state index in [2.05, 4.69) is 20.4 Å². The Kier molecular flexibility index (Phi) is 6.50. The minimum atomic E-state index is -0.385. The first-order valence-electron chi connectivity index (χ1n) is 10.6. The average molecular weight is 435 g/mol. The molecule has 0 saturated carbocycles. The Morgan fingerprint density at radius 1 is 1.00 bits per heavy atom. The predicted molar refractivity (Wildman–Crippen MR) is 117 cm³/mol. The van der Waals surface area contributed by atoms with E-state index in [1.165, 1.54) is 0 Å². The van der Waals surface area contributed by atoms with Crippen LogP contribution in [0.3, 0.4) is 0 Å². The molecule has 1 aromatic heterocycles. The number of aromatic nitrogens is 4. The van der Waals surface area contributed by atoms with Crippen molar-refractivity contribution in [2.24, 2.45) is 0 Å². The molecule has 0 unspecified atom stereocenters. The summed E-state index contributed by atoms with van der Waals surface area (Å²) in [4.78, 5) is 27.3. The zero-order valence-corrected chi connectivity index (χ0v) is 17.9. The third-order valence-corrected chi connectivity index (χ3v) is 5.75. The topological polar surface area (TPSA) is 110 Å². The van der Waals surface area contributed by atoms with Gasteiger partial charge >= 0.3 is 0 Å². The Morgan fingerprint density at radius 3 is 2.25 bits per heavy atom. The van der Waals surface area contributed by atoms with Gasteiger partial charge in [0, 0.05) is 44.9 Å². The van der Waals surface area contributed by atoms with Crippen molar-refractivity contribution in [3.05, 3.63) is 75.6 Å². The number of non-ortho nitro benzene ring substituents is 1. The van der Waals surface area contributed by atoms with E-state index < -0.39 is 0 Å². The van der Waals surface area contributed by atoms with Gasteiger partial charge in [0.05, 0.1) is 17.0 Å². The van der Waals surface area contributed by atoms with Crippen LogP contribution >= 0.6 is 0 Å². The van der Waals surface area contributed by atoms with Crippen molar-refractivity contribution in [1.29, 1.82) is 0 Å². The van der Waals surface area contributed by atoms with Crippen LogP contribution in [0, 0.1) is 17.0 Å². The SMILES string of the molecule is Cc1nnnn1-c1ccc(CC(=O)N2CCN(CCc3ccc([N+](=O)[O-])cc3)CC2)cc1. The molecule has 1 fully saturated rings. The van der Waals surface area contributed by atoms with Crippen molar-refractivity contribution in [2.45, 2.75) is 19.8 Å². The van der Waals surface area contributed by atoms with E-state index in [4.69, 9.17) is 0 Å². The zero-order chi connectivity index (χ0) is 22.5. The Balaban J connectivity index is 1.23. The molecule has 0 N–H and O–H groups in total. The molecule has 0 aliphatic carbocycles. The third-order valence-electron chi connectivity index (χ3n) is 5.75. The second kappa shape index (κ2) is 9.65. The number of nitro benzene ring substituents is 1. The van der Waals surface area contributed by atoms with Gasteiger partial charge in [-0.3, -0.25) is 19.8 Å². The van der Waals surface area contributed by atoms with E-state index in [1.807, 2.05) is 48.2 Å². The maximum Gasteiger partial charge on any atom is 0.269 e. The van der Waals surface area contributed by atoms with Crippen molar-refractivity contribution >= 4 is 11.6 Å². The lowest BCUT2D eigenvalue weighted by atomic mass is 10.1. The number of nitro groups is 1. The summed E-state index contributed by atoms with van der Waals surface area (Å²) in [7, 11) is 0. The first-order valence-corrected chi connectivity index (χ1v) is 10.6. The number of carbonyl (C=O) groups excluding carboxylic acids is 1. The van der Waals surface area contributed by atoms with E-state index in [1.54, 1.807) is 16.8 Å². The largest absolute Gasteiger partial charge is 0.340 e. The zero-order valence-electron chi connectivity index (χ0n) is 17.9. The molecule has 1 saturated heterocycles. The number of piperazine rings is 1. The number of hydrogen-bond acceptors (Lipinski definition) is 7. The van der Waals surface area contributed by atoms with Crippen LogP contribution in [-0.2, 0) is 17.6 Å². The molecule has 32 heavy (non-hydrogen) atoms. The van der Waals surface area contributed by atoms with E-state index in [-0.39, 0.29) is 16.5 Å². The van der Waals surface area contributed by atoms with Crippen molar-refractivity contribution in [2.75, 3.05) is 32.7 Å². The van der Waals surface area contributed by atoms with Gasteiger partial charge < -0.3 is 4.90 Å². The van der Waals surface area contributed by atoms with E-state index >= 15 is 0 Å². The molecule has 0 atom stereocenters. The van der Waals surface area contributed by atoms with Gasteiger partial charge in [0.1, 0.15) is 0 Å². The molecule has 1 aliphatic heterocycles. The van der Waals surface area contributed by atoms with Gasteiger partial charge in [0.2, 0.25) is 5.91 Å². The molecule has 3 aromatic rings. The third kappa shape index (κ3) is 5.14. The number of rotatable bonds is 7. The number of amides is 1. The molecule has 166 valence electrons. The quantitative estimate of drug-likeness (QED) is 0.411. The number of tetrazole rings is 1. The lowest BCUT2D eigenvalue weighted by Crippen LogP contribution is -2.49. The van der Waals surface area contributed by atoms with Crippen molar-refractivity contribution < 1.29 is 9.72 Å². The minimum absolute atomic E-state index is 0.112. The second-order valence-corrected chi connectivity index (χ2v) is 7.88. The molecule has 2 aromatic carbocycles. The van der Waals surface area contributed by atoms with Crippen molar-refractivity contribution in [1.82, 2.24) is 30.0 Å². The highest BCUT2D eigenvalue weighted by molar-refractivity contribution is 5.79. The first kappa shape index (κ1) is 21.6. The van der Waals surface area contributed by atoms with Crippen LogP contribution in [-0.4, -0.2) is 73.6 Å². The highest BCUT2D eigenvalue weighted by Crippen LogP contribution is 2.14. The number of carbonyl (C=O) groups is 1. The fourth-order valence-electron chi connectivity index (χ4n) is 3.80. The fraction of sp³-hybridized carbons (Fsp3) is 0.364.